The topological polar surface area (TPSA) is 86.8 Å². The van der Waals surface area contributed by atoms with E-state index in [1.165, 1.54) is 59.5 Å². The van der Waals surface area contributed by atoms with Crippen LogP contribution in [0.4, 0.5) is 10.1 Å². The van der Waals surface area contributed by atoms with Crippen molar-refractivity contribution in [1.29, 1.82) is 0 Å². The monoisotopic (exact) mass is 593 g/mol. The molecule has 0 aliphatic rings. The summed E-state index contributed by atoms with van der Waals surface area (Å²) in [7, 11) is -4.26. The van der Waals surface area contributed by atoms with Crippen molar-refractivity contribution in [3.63, 3.8) is 0 Å². The normalized spacial score (nSPS) is 12.5. The number of rotatable bonds is 9. The minimum atomic E-state index is -4.26. The van der Waals surface area contributed by atoms with Crippen LogP contribution in [0.15, 0.2) is 77.7 Å². The van der Waals surface area contributed by atoms with E-state index in [9.17, 15) is 22.4 Å². The van der Waals surface area contributed by atoms with Crippen LogP contribution in [0.5, 0.6) is 0 Å². The summed E-state index contributed by atoms with van der Waals surface area (Å²) in [6.07, 6.45) is 0. The molecule has 0 saturated heterocycles. The number of carbonyl (C=O) groups is 2. The van der Waals surface area contributed by atoms with Crippen LogP contribution in [0.25, 0.3) is 0 Å². The molecule has 3 aromatic carbocycles. The minimum absolute atomic E-state index is 0.0263. The number of hydrogen-bond donors (Lipinski definition) is 1. The molecule has 11 heteroatoms. The highest BCUT2D eigenvalue weighted by Gasteiger charge is 2.34. The predicted octanol–water partition coefficient (Wildman–Crippen LogP) is 5.66. The average molecular weight is 595 g/mol. The molecule has 7 nitrogen and oxygen atoms in total. The molecule has 0 aromatic heterocycles. The smallest absolute Gasteiger partial charge is 0.264 e. The van der Waals surface area contributed by atoms with Gasteiger partial charge in [-0.25, -0.2) is 12.8 Å². The first-order valence-corrected chi connectivity index (χ1v) is 14.3. The second-order valence-corrected chi connectivity index (χ2v) is 12.7. The van der Waals surface area contributed by atoms with E-state index in [4.69, 9.17) is 23.2 Å². The van der Waals surface area contributed by atoms with Gasteiger partial charge in [-0.05, 0) is 75.7 Å². The van der Waals surface area contributed by atoms with Crippen LogP contribution in [-0.2, 0) is 26.2 Å². The van der Waals surface area contributed by atoms with Gasteiger partial charge in [-0.2, -0.15) is 0 Å². The highest BCUT2D eigenvalue weighted by molar-refractivity contribution is 7.92. The molecule has 0 fully saturated rings. The highest BCUT2D eigenvalue weighted by Crippen LogP contribution is 2.33. The third kappa shape index (κ3) is 7.94. The van der Waals surface area contributed by atoms with E-state index in [-0.39, 0.29) is 27.2 Å². The zero-order valence-corrected chi connectivity index (χ0v) is 24.3. The fourth-order valence-corrected chi connectivity index (χ4v) is 5.77. The number of halogens is 3. The molecule has 0 aliphatic heterocycles. The van der Waals surface area contributed by atoms with Gasteiger partial charge in [0.05, 0.1) is 15.6 Å². The van der Waals surface area contributed by atoms with Gasteiger partial charge in [0.2, 0.25) is 11.8 Å². The number of sulfonamides is 1. The molecule has 1 unspecified atom stereocenters. The molecule has 39 heavy (non-hydrogen) atoms. The van der Waals surface area contributed by atoms with Gasteiger partial charge in [-0.1, -0.05) is 53.5 Å². The van der Waals surface area contributed by atoms with E-state index in [1.54, 1.807) is 45.9 Å². The van der Waals surface area contributed by atoms with Crippen molar-refractivity contribution in [2.75, 3.05) is 10.8 Å². The molecule has 208 valence electrons. The molecular formula is C28H30Cl2FN3O4S. The maximum absolute atomic E-state index is 13.9. The first-order chi connectivity index (χ1) is 18.2. The van der Waals surface area contributed by atoms with Gasteiger partial charge < -0.3 is 10.2 Å². The van der Waals surface area contributed by atoms with Crippen molar-refractivity contribution in [3.8, 4) is 0 Å². The Morgan fingerprint density at radius 1 is 0.974 bits per heavy atom. The van der Waals surface area contributed by atoms with Crippen molar-refractivity contribution in [3.05, 3.63) is 94.2 Å². The van der Waals surface area contributed by atoms with Gasteiger partial charge >= 0.3 is 0 Å². The fraction of sp³-hybridized carbons (Fsp3) is 0.286. The van der Waals surface area contributed by atoms with Gasteiger partial charge in [-0.3, -0.25) is 13.9 Å². The minimum Gasteiger partial charge on any atom is -0.350 e. The summed E-state index contributed by atoms with van der Waals surface area (Å²) in [4.78, 5) is 28.2. The zero-order chi connectivity index (χ0) is 29.0. The SMILES string of the molecule is CC(C(=O)NC(C)(C)C)N(Cc1ccc(F)cc1)C(=O)CN(c1ccc(Cl)cc1Cl)S(=O)(=O)c1ccccc1. The number of nitrogens with zero attached hydrogens (tertiary/aromatic N) is 2. The highest BCUT2D eigenvalue weighted by atomic mass is 35.5. The summed E-state index contributed by atoms with van der Waals surface area (Å²) < 4.78 is 41.9. The Balaban J connectivity index is 2.05. The van der Waals surface area contributed by atoms with Gasteiger partial charge in [0.15, 0.2) is 0 Å². The summed E-state index contributed by atoms with van der Waals surface area (Å²) >= 11 is 12.4. The molecule has 0 aliphatic carbocycles. The van der Waals surface area contributed by atoms with Gasteiger partial charge in [0.1, 0.15) is 18.4 Å². The molecule has 0 bridgehead atoms. The standard InChI is InChI=1S/C28H30Cl2FN3O4S/c1-19(27(36)32-28(2,3)4)33(17-20-10-13-22(31)14-11-20)26(35)18-34(25-15-12-21(29)16-24(25)30)39(37,38)23-8-6-5-7-9-23/h5-16,19H,17-18H2,1-4H3,(H,32,36). The van der Waals surface area contributed by atoms with Crippen LogP contribution in [0.3, 0.4) is 0 Å². The Bertz CT molecular complexity index is 1430. The van der Waals surface area contributed by atoms with Crippen LogP contribution < -0.4 is 9.62 Å². The van der Waals surface area contributed by atoms with E-state index < -0.39 is 45.8 Å². The van der Waals surface area contributed by atoms with E-state index in [2.05, 4.69) is 5.32 Å². The van der Waals surface area contributed by atoms with Crippen LogP contribution in [0.1, 0.15) is 33.3 Å². The molecule has 2 amide bonds. The van der Waals surface area contributed by atoms with Crippen LogP contribution in [0, 0.1) is 5.82 Å². The Hall–Kier alpha value is -3.14. The number of nitrogens with one attached hydrogen (secondary N) is 1. The lowest BCUT2D eigenvalue weighted by atomic mass is 10.1. The van der Waals surface area contributed by atoms with E-state index in [0.29, 0.717) is 5.56 Å². The molecule has 0 radical (unpaired) electrons. The van der Waals surface area contributed by atoms with Crippen molar-refractivity contribution >= 4 is 50.7 Å². The van der Waals surface area contributed by atoms with Crippen LogP contribution in [0.2, 0.25) is 10.0 Å². The third-order valence-electron chi connectivity index (χ3n) is 5.72. The predicted molar refractivity (Wildman–Crippen MR) is 152 cm³/mol. The number of hydrogen-bond acceptors (Lipinski definition) is 4. The van der Waals surface area contributed by atoms with Crippen molar-refractivity contribution in [2.24, 2.45) is 0 Å². The Labute approximate surface area is 238 Å². The molecule has 1 N–H and O–H groups in total. The molecule has 0 heterocycles. The van der Waals surface area contributed by atoms with Crippen molar-refractivity contribution in [2.45, 2.75) is 50.7 Å². The van der Waals surface area contributed by atoms with Gasteiger partial charge in [0, 0.05) is 17.1 Å². The third-order valence-corrected chi connectivity index (χ3v) is 8.03. The van der Waals surface area contributed by atoms with Crippen molar-refractivity contribution in [1.82, 2.24) is 10.2 Å². The molecule has 0 saturated carbocycles. The molecular weight excluding hydrogens is 564 g/mol. The lowest BCUT2D eigenvalue weighted by molar-refractivity contribution is -0.140. The number of carbonyl (C=O) groups excluding carboxylic acids is 2. The maximum atomic E-state index is 13.9. The first-order valence-electron chi connectivity index (χ1n) is 12.1. The number of amides is 2. The summed E-state index contributed by atoms with van der Waals surface area (Å²) in [6.45, 7) is 6.24. The summed E-state index contributed by atoms with van der Waals surface area (Å²) in [5.41, 5.74) is 0.0316. The van der Waals surface area contributed by atoms with Gasteiger partial charge in [0.25, 0.3) is 10.0 Å². The summed E-state index contributed by atoms with van der Waals surface area (Å²) in [5.74, 6) is -1.55. The average Bonchev–Trinajstić information content (AvgIpc) is 2.86. The van der Waals surface area contributed by atoms with E-state index >= 15 is 0 Å². The van der Waals surface area contributed by atoms with E-state index in [0.717, 1.165) is 4.31 Å². The van der Waals surface area contributed by atoms with Gasteiger partial charge in [-0.15, -0.1) is 0 Å². The lowest BCUT2D eigenvalue weighted by Crippen LogP contribution is -2.54. The molecule has 0 spiro atoms. The Kier molecular flexibility index (Phi) is 9.64. The summed E-state index contributed by atoms with van der Waals surface area (Å²) in [6, 6.07) is 16.4. The number of anilines is 1. The van der Waals surface area contributed by atoms with Crippen LogP contribution >= 0.6 is 23.2 Å². The lowest BCUT2D eigenvalue weighted by Gasteiger charge is -2.33. The molecule has 3 aromatic rings. The first kappa shape index (κ1) is 30.4. The Morgan fingerprint density at radius 3 is 2.15 bits per heavy atom. The molecule has 3 rings (SSSR count). The van der Waals surface area contributed by atoms with Crippen molar-refractivity contribution < 1.29 is 22.4 Å². The van der Waals surface area contributed by atoms with Crippen LogP contribution in [-0.4, -0.2) is 43.3 Å². The quantitative estimate of drug-likeness (QED) is 0.347. The fourth-order valence-electron chi connectivity index (χ4n) is 3.76. The maximum Gasteiger partial charge on any atom is 0.264 e. The largest absolute Gasteiger partial charge is 0.350 e. The zero-order valence-electron chi connectivity index (χ0n) is 22.0. The summed E-state index contributed by atoms with van der Waals surface area (Å²) in [5, 5.41) is 3.16. The second-order valence-electron chi connectivity index (χ2n) is 9.98. The molecule has 1 atom stereocenters. The number of benzene rings is 3. The van der Waals surface area contributed by atoms with E-state index in [1.807, 2.05) is 0 Å². The Morgan fingerprint density at radius 2 is 1.59 bits per heavy atom. The second kappa shape index (κ2) is 12.4.